The van der Waals surface area contributed by atoms with Gasteiger partial charge in [0, 0.05) is 5.02 Å². The summed E-state index contributed by atoms with van der Waals surface area (Å²) >= 11 is 5.88. The molecule has 2 rings (SSSR count). The van der Waals surface area contributed by atoms with Crippen LogP contribution >= 0.6 is 11.6 Å². The molecule has 0 aromatic heterocycles. The molecular formula is C19H21ClN2O6S. The van der Waals surface area contributed by atoms with Crippen molar-refractivity contribution < 1.29 is 27.5 Å². The van der Waals surface area contributed by atoms with Gasteiger partial charge in [-0.25, -0.2) is 8.42 Å². The lowest BCUT2D eigenvalue weighted by atomic mass is 10.1. The molecule has 0 heterocycles. The van der Waals surface area contributed by atoms with E-state index in [0.717, 1.165) is 11.1 Å². The van der Waals surface area contributed by atoms with Gasteiger partial charge in [-0.2, -0.15) is 4.72 Å². The minimum atomic E-state index is -3.88. The second-order valence-corrected chi connectivity index (χ2v) is 8.33. The Hall–Kier alpha value is -2.62. The van der Waals surface area contributed by atoms with Crippen LogP contribution in [-0.4, -0.2) is 40.6 Å². The lowest BCUT2D eigenvalue weighted by molar-refractivity contribution is -0.146. The van der Waals surface area contributed by atoms with Crippen LogP contribution in [0.15, 0.2) is 41.3 Å². The SMILES string of the molecule is COc1ccc(Cl)cc1NC(=O)COC(=O)CNS(=O)(=O)c1ccc(C)c(C)c1. The summed E-state index contributed by atoms with van der Waals surface area (Å²) in [6.45, 7) is 2.44. The zero-order valence-corrected chi connectivity index (χ0v) is 17.7. The van der Waals surface area contributed by atoms with Gasteiger partial charge < -0.3 is 14.8 Å². The lowest BCUT2D eigenvalue weighted by Gasteiger charge is -2.11. The number of esters is 1. The van der Waals surface area contributed by atoms with Crippen LogP contribution in [0.4, 0.5) is 5.69 Å². The topological polar surface area (TPSA) is 111 Å². The smallest absolute Gasteiger partial charge is 0.321 e. The van der Waals surface area contributed by atoms with Crippen molar-refractivity contribution in [3.05, 3.63) is 52.5 Å². The Morgan fingerprint density at radius 3 is 2.45 bits per heavy atom. The Morgan fingerprint density at radius 2 is 1.79 bits per heavy atom. The highest BCUT2D eigenvalue weighted by molar-refractivity contribution is 7.89. The molecule has 8 nitrogen and oxygen atoms in total. The number of rotatable bonds is 8. The maximum Gasteiger partial charge on any atom is 0.321 e. The molecule has 1 amide bonds. The van der Waals surface area contributed by atoms with Crippen molar-refractivity contribution in [3.8, 4) is 5.75 Å². The predicted molar refractivity (Wildman–Crippen MR) is 109 cm³/mol. The molecule has 0 aliphatic heterocycles. The number of carbonyl (C=O) groups is 2. The highest BCUT2D eigenvalue weighted by Crippen LogP contribution is 2.27. The number of nitrogens with one attached hydrogen (secondary N) is 2. The normalized spacial score (nSPS) is 11.0. The van der Waals surface area contributed by atoms with Gasteiger partial charge in [0.05, 0.1) is 17.7 Å². The second kappa shape index (κ2) is 9.73. The van der Waals surface area contributed by atoms with Gasteiger partial charge in [-0.1, -0.05) is 17.7 Å². The van der Waals surface area contributed by atoms with Crippen molar-refractivity contribution in [3.63, 3.8) is 0 Å². The van der Waals surface area contributed by atoms with E-state index >= 15 is 0 Å². The number of halogens is 1. The van der Waals surface area contributed by atoms with E-state index in [-0.39, 0.29) is 4.90 Å². The first-order chi connectivity index (χ1) is 13.6. The summed E-state index contributed by atoms with van der Waals surface area (Å²) in [4.78, 5) is 23.8. The van der Waals surface area contributed by atoms with Crippen LogP contribution in [0.25, 0.3) is 0 Å². The molecule has 0 atom stereocenters. The van der Waals surface area contributed by atoms with Crippen LogP contribution in [0.5, 0.6) is 5.75 Å². The summed E-state index contributed by atoms with van der Waals surface area (Å²) in [6, 6.07) is 9.29. The van der Waals surface area contributed by atoms with Crippen molar-refractivity contribution in [2.24, 2.45) is 0 Å². The van der Waals surface area contributed by atoms with E-state index in [2.05, 4.69) is 10.0 Å². The highest BCUT2D eigenvalue weighted by atomic mass is 35.5. The third-order valence-corrected chi connectivity index (χ3v) is 5.63. The summed E-state index contributed by atoms with van der Waals surface area (Å²) < 4.78 is 36.6. The van der Waals surface area contributed by atoms with Gasteiger partial charge in [-0.3, -0.25) is 9.59 Å². The number of methoxy groups -OCH3 is 1. The number of anilines is 1. The Balaban J connectivity index is 1.87. The van der Waals surface area contributed by atoms with Crippen molar-refractivity contribution in [1.82, 2.24) is 4.72 Å². The third-order valence-electron chi connectivity index (χ3n) is 4.00. The summed E-state index contributed by atoms with van der Waals surface area (Å²) in [5.41, 5.74) is 2.07. The van der Waals surface area contributed by atoms with Crippen LogP contribution in [0.1, 0.15) is 11.1 Å². The van der Waals surface area contributed by atoms with Crippen LogP contribution in [0.2, 0.25) is 5.02 Å². The van der Waals surface area contributed by atoms with Gasteiger partial charge in [-0.05, 0) is 55.3 Å². The number of sulfonamides is 1. The Labute approximate surface area is 174 Å². The zero-order chi connectivity index (χ0) is 21.6. The van der Waals surface area contributed by atoms with Gasteiger partial charge in [0.1, 0.15) is 12.3 Å². The van der Waals surface area contributed by atoms with Crippen LogP contribution in [0.3, 0.4) is 0 Å². The average Bonchev–Trinajstić information content (AvgIpc) is 2.67. The number of aryl methyl sites for hydroxylation is 2. The van der Waals surface area contributed by atoms with Gasteiger partial charge in [0.25, 0.3) is 5.91 Å². The number of hydrogen-bond donors (Lipinski definition) is 2. The number of ether oxygens (including phenoxy) is 2. The number of hydrogen-bond acceptors (Lipinski definition) is 6. The monoisotopic (exact) mass is 440 g/mol. The van der Waals surface area contributed by atoms with E-state index in [1.54, 1.807) is 25.1 Å². The van der Waals surface area contributed by atoms with Crippen molar-refractivity contribution in [1.29, 1.82) is 0 Å². The Bertz CT molecular complexity index is 1020. The number of amides is 1. The van der Waals surface area contributed by atoms with Crippen molar-refractivity contribution in [2.75, 3.05) is 25.6 Å². The summed E-state index contributed by atoms with van der Waals surface area (Å²) in [5, 5.41) is 2.89. The molecule has 0 aliphatic rings. The molecule has 156 valence electrons. The fourth-order valence-corrected chi connectivity index (χ4v) is 3.51. The van der Waals surface area contributed by atoms with E-state index in [1.807, 2.05) is 6.92 Å². The van der Waals surface area contributed by atoms with E-state index in [4.69, 9.17) is 21.1 Å². The van der Waals surface area contributed by atoms with E-state index in [0.29, 0.717) is 16.5 Å². The fourth-order valence-electron chi connectivity index (χ4n) is 2.28. The van der Waals surface area contributed by atoms with Crippen LogP contribution in [-0.2, 0) is 24.3 Å². The van der Waals surface area contributed by atoms with Crippen molar-refractivity contribution >= 4 is 39.2 Å². The van der Waals surface area contributed by atoms with E-state index < -0.39 is 35.1 Å². The van der Waals surface area contributed by atoms with Crippen molar-refractivity contribution in [2.45, 2.75) is 18.7 Å². The highest BCUT2D eigenvalue weighted by Gasteiger charge is 2.17. The van der Waals surface area contributed by atoms with Crippen LogP contribution < -0.4 is 14.8 Å². The first kappa shape index (κ1) is 22.7. The van der Waals surface area contributed by atoms with Gasteiger partial charge in [0.2, 0.25) is 10.0 Å². The summed E-state index contributed by atoms with van der Waals surface area (Å²) in [7, 11) is -2.45. The third kappa shape index (κ3) is 6.45. The molecular weight excluding hydrogens is 420 g/mol. The zero-order valence-electron chi connectivity index (χ0n) is 16.1. The lowest BCUT2D eigenvalue weighted by Crippen LogP contribution is -2.32. The predicted octanol–water partition coefficient (Wildman–Crippen LogP) is 2.43. The molecule has 2 aromatic rings. The molecule has 29 heavy (non-hydrogen) atoms. The van der Waals surface area contributed by atoms with E-state index in [9.17, 15) is 18.0 Å². The quantitative estimate of drug-likeness (QED) is 0.610. The first-order valence-electron chi connectivity index (χ1n) is 8.48. The molecule has 0 saturated carbocycles. The van der Waals surface area contributed by atoms with E-state index in [1.165, 1.54) is 25.3 Å². The molecule has 0 bridgehead atoms. The largest absolute Gasteiger partial charge is 0.495 e. The second-order valence-electron chi connectivity index (χ2n) is 6.12. The first-order valence-corrected chi connectivity index (χ1v) is 10.3. The molecule has 2 N–H and O–H groups in total. The van der Waals surface area contributed by atoms with Gasteiger partial charge >= 0.3 is 5.97 Å². The van der Waals surface area contributed by atoms with Gasteiger partial charge in [-0.15, -0.1) is 0 Å². The fraction of sp³-hybridized carbons (Fsp3) is 0.263. The molecule has 0 saturated heterocycles. The maximum atomic E-state index is 12.3. The summed E-state index contributed by atoms with van der Waals surface area (Å²) in [5.74, 6) is -1.14. The number of benzene rings is 2. The Morgan fingerprint density at radius 1 is 1.07 bits per heavy atom. The molecule has 10 heteroatoms. The van der Waals surface area contributed by atoms with Crippen LogP contribution in [0, 0.1) is 13.8 Å². The molecule has 0 unspecified atom stereocenters. The molecule has 2 aromatic carbocycles. The number of carbonyl (C=O) groups excluding carboxylic acids is 2. The average molecular weight is 441 g/mol. The minimum absolute atomic E-state index is 0.0409. The minimum Gasteiger partial charge on any atom is -0.495 e. The molecule has 0 spiro atoms. The summed E-state index contributed by atoms with van der Waals surface area (Å²) in [6.07, 6.45) is 0. The maximum absolute atomic E-state index is 12.3. The molecule has 0 aliphatic carbocycles. The Kier molecular flexibility index (Phi) is 7.60. The van der Waals surface area contributed by atoms with Gasteiger partial charge in [0.15, 0.2) is 6.61 Å². The standard InChI is InChI=1S/C19H21ClN2O6S/c1-12-4-6-15(8-13(12)2)29(25,26)21-10-19(24)28-11-18(23)22-16-9-14(20)5-7-17(16)27-3/h4-9,21H,10-11H2,1-3H3,(H,22,23). The molecule has 0 fully saturated rings. The molecule has 0 radical (unpaired) electrons.